The van der Waals surface area contributed by atoms with Crippen molar-refractivity contribution in [2.75, 3.05) is 23.4 Å². The van der Waals surface area contributed by atoms with E-state index in [2.05, 4.69) is 5.32 Å². The molecule has 0 saturated carbocycles. The summed E-state index contributed by atoms with van der Waals surface area (Å²) >= 11 is 0.934. The molecule has 0 atom stereocenters. The second-order valence-corrected chi connectivity index (χ2v) is 9.22. The lowest BCUT2D eigenvalue weighted by atomic mass is 10.1. The average Bonchev–Trinajstić information content (AvgIpc) is 3.36. The highest BCUT2D eigenvalue weighted by Crippen LogP contribution is 2.34. The quantitative estimate of drug-likeness (QED) is 0.260. The van der Waals surface area contributed by atoms with Gasteiger partial charge in [-0.25, -0.2) is 14.5 Å². The molecule has 0 unspecified atom stereocenters. The van der Waals surface area contributed by atoms with Crippen molar-refractivity contribution < 1.29 is 38.2 Å². The topological polar surface area (TPSA) is 136 Å². The summed E-state index contributed by atoms with van der Waals surface area (Å²) in [6, 6.07) is 12.1. The predicted molar refractivity (Wildman–Crippen MR) is 138 cm³/mol. The van der Waals surface area contributed by atoms with Gasteiger partial charge in [0, 0.05) is 0 Å². The van der Waals surface area contributed by atoms with Gasteiger partial charge in [0.2, 0.25) is 0 Å². The maximum absolute atomic E-state index is 12.6. The van der Waals surface area contributed by atoms with Gasteiger partial charge >= 0.3 is 11.9 Å². The Kier molecular flexibility index (Phi) is 7.49. The highest BCUT2D eigenvalue weighted by atomic mass is 32.1. The van der Waals surface area contributed by atoms with Crippen LogP contribution in [0.15, 0.2) is 48.5 Å². The number of hydrogen-bond acceptors (Lipinski definition) is 9. The van der Waals surface area contributed by atoms with Crippen molar-refractivity contribution in [1.29, 1.82) is 0 Å². The van der Waals surface area contributed by atoms with Crippen LogP contribution in [0, 0.1) is 6.92 Å². The molecule has 1 aliphatic heterocycles. The fourth-order valence-corrected chi connectivity index (χ4v) is 5.04. The predicted octanol–water partition coefficient (Wildman–Crippen LogP) is 4.03. The largest absolute Gasteiger partial charge is 0.462 e. The molecular weight excluding hydrogens is 512 g/mol. The molecule has 0 saturated heterocycles. The van der Waals surface area contributed by atoms with Crippen LogP contribution in [0.5, 0.6) is 0 Å². The molecule has 11 heteroatoms. The molecule has 4 rings (SSSR count). The first-order chi connectivity index (χ1) is 18.1. The number of benzene rings is 2. The standard InChI is InChI=1S/C27H22N2O8S/c1-4-36-27(35)21-14(2)22(15(3)30)38-23(21)28-20(31)13-37-26(34)16-9-11-17(12-10-16)29-24(32)18-7-5-6-8-19(18)25(29)33/h5-12H,4,13H2,1-3H3,(H,28,31). The number of hydrogen-bond donors (Lipinski definition) is 1. The Labute approximate surface area is 221 Å². The Bertz CT molecular complexity index is 1450. The first-order valence-electron chi connectivity index (χ1n) is 11.5. The van der Waals surface area contributed by atoms with Crippen molar-refractivity contribution in [3.8, 4) is 0 Å². The van der Waals surface area contributed by atoms with E-state index >= 15 is 0 Å². The summed E-state index contributed by atoms with van der Waals surface area (Å²) in [5.41, 5.74) is 1.45. The van der Waals surface area contributed by atoms with E-state index in [-0.39, 0.29) is 34.2 Å². The number of nitrogens with zero attached hydrogens (tertiary/aromatic N) is 1. The molecule has 0 spiro atoms. The minimum Gasteiger partial charge on any atom is -0.462 e. The number of rotatable bonds is 8. The van der Waals surface area contributed by atoms with Gasteiger partial charge in [0.1, 0.15) is 5.00 Å². The lowest BCUT2D eigenvalue weighted by Gasteiger charge is -2.14. The zero-order chi connectivity index (χ0) is 27.6. The van der Waals surface area contributed by atoms with Crippen molar-refractivity contribution in [2.24, 2.45) is 0 Å². The van der Waals surface area contributed by atoms with E-state index in [0.29, 0.717) is 21.6 Å². The van der Waals surface area contributed by atoms with E-state index < -0.39 is 36.3 Å². The van der Waals surface area contributed by atoms with Crippen molar-refractivity contribution in [1.82, 2.24) is 0 Å². The van der Waals surface area contributed by atoms with Crippen LogP contribution >= 0.6 is 11.3 Å². The van der Waals surface area contributed by atoms with Gasteiger partial charge in [-0.3, -0.25) is 19.2 Å². The molecule has 2 aromatic carbocycles. The number of ketones is 1. The molecule has 2 heterocycles. The van der Waals surface area contributed by atoms with Crippen LogP contribution < -0.4 is 10.2 Å². The van der Waals surface area contributed by atoms with Crippen LogP contribution in [-0.4, -0.2) is 48.7 Å². The van der Waals surface area contributed by atoms with Gasteiger partial charge in [-0.15, -0.1) is 11.3 Å². The van der Waals surface area contributed by atoms with Crippen molar-refractivity contribution >= 4 is 57.5 Å². The molecule has 194 valence electrons. The summed E-state index contributed by atoms with van der Waals surface area (Å²) in [4.78, 5) is 75.8. The van der Waals surface area contributed by atoms with Crippen molar-refractivity contribution in [2.45, 2.75) is 20.8 Å². The minimum atomic E-state index is -0.813. The van der Waals surface area contributed by atoms with E-state index in [1.165, 1.54) is 31.2 Å². The number of ether oxygens (including phenoxy) is 2. The van der Waals surface area contributed by atoms with Crippen LogP contribution in [-0.2, 0) is 14.3 Å². The summed E-state index contributed by atoms with van der Waals surface area (Å²) in [6.45, 7) is 4.02. The number of Topliss-reactive ketones (excluding diaryl/α,β-unsaturated/α-hetero) is 1. The van der Waals surface area contributed by atoms with Gasteiger partial charge in [-0.1, -0.05) is 12.1 Å². The summed E-state index contributed by atoms with van der Waals surface area (Å²) in [6.07, 6.45) is 0. The molecule has 0 aliphatic carbocycles. The lowest BCUT2D eigenvalue weighted by molar-refractivity contribution is -0.119. The molecule has 3 aromatic rings. The second-order valence-electron chi connectivity index (χ2n) is 8.20. The summed E-state index contributed by atoms with van der Waals surface area (Å²) in [5.74, 6) is -3.41. The monoisotopic (exact) mass is 534 g/mol. The van der Waals surface area contributed by atoms with Gasteiger partial charge in [-0.05, 0) is 62.7 Å². The zero-order valence-electron chi connectivity index (χ0n) is 20.7. The third kappa shape index (κ3) is 4.96. The van der Waals surface area contributed by atoms with Crippen molar-refractivity contribution in [3.05, 3.63) is 81.2 Å². The van der Waals surface area contributed by atoms with Gasteiger partial charge in [-0.2, -0.15) is 0 Å². The second kappa shape index (κ2) is 10.8. The number of esters is 2. The average molecular weight is 535 g/mol. The first kappa shape index (κ1) is 26.4. The number of nitrogens with one attached hydrogen (secondary N) is 1. The molecule has 0 radical (unpaired) electrons. The Hall–Kier alpha value is -4.64. The Morgan fingerprint density at radius 1 is 0.895 bits per heavy atom. The maximum Gasteiger partial charge on any atom is 0.341 e. The third-order valence-corrected chi connectivity index (χ3v) is 7.00. The molecule has 1 aromatic heterocycles. The molecule has 0 fully saturated rings. The highest BCUT2D eigenvalue weighted by Gasteiger charge is 2.36. The molecule has 1 aliphatic rings. The van der Waals surface area contributed by atoms with Gasteiger partial charge in [0.15, 0.2) is 12.4 Å². The smallest absolute Gasteiger partial charge is 0.341 e. The van der Waals surface area contributed by atoms with Crippen LogP contribution in [0.2, 0.25) is 0 Å². The number of amides is 3. The molecule has 3 amide bonds. The summed E-state index contributed by atoms with van der Waals surface area (Å²) in [7, 11) is 0. The summed E-state index contributed by atoms with van der Waals surface area (Å²) in [5, 5.41) is 2.63. The SMILES string of the molecule is CCOC(=O)c1c(NC(=O)COC(=O)c2ccc(N3C(=O)c4ccccc4C3=O)cc2)sc(C(C)=O)c1C. The van der Waals surface area contributed by atoms with E-state index in [1.54, 1.807) is 38.1 Å². The van der Waals surface area contributed by atoms with Gasteiger partial charge in [0.25, 0.3) is 17.7 Å². The zero-order valence-corrected chi connectivity index (χ0v) is 21.5. The summed E-state index contributed by atoms with van der Waals surface area (Å²) < 4.78 is 10.1. The van der Waals surface area contributed by atoms with Crippen LogP contribution in [0.4, 0.5) is 10.7 Å². The Balaban J connectivity index is 1.41. The van der Waals surface area contributed by atoms with E-state index in [1.807, 2.05) is 0 Å². The Morgan fingerprint density at radius 3 is 2.05 bits per heavy atom. The molecule has 10 nitrogen and oxygen atoms in total. The van der Waals surface area contributed by atoms with Gasteiger partial charge in [0.05, 0.1) is 39.4 Å². The number of carbonyl (C=O) groups is 6. The molecule has 1 N–H and O–H groups in total. The highest BCUT2D eigenvalue weighted by molar-refractivity contribution is 7.18. The number of imide groups is 1. The third-order valence-electron chi connectivity index (χ3n) is 5.69. The maximum atomic E-state index is 12.6. The molecule has 38 heavy (non-hydrogen) atoms. The minimum absolute atomic E-state index is 0.0745. The fraction of sp³-hybridized carbons (Fsp3) is 0.185. The molecule has 0 bridgehead atoms. The normalized spacial score (nSPS) is 12.2. The Morgan fingerprint density at radius 2 is 1.50 bits per heavy atom. The number of carbonyl (C=O) groups excluding carboxylic acids is 6. The fourth-order valence-electron chi connectivity index (χ4n) is 3.93. The van der Waals surface area contributed by atoms with Crippen molar-refractivity contribution in [3.63, 3.8) is 0 Å². The van der Waals surface area contributed by atoms with E-state index in [9.17, 15) is 28.8 Å². The van der Waals surface area contributed by atoms with Crippen LogP contribution in [0.3, 0.4) is 0 Å². The van der Waals surface area contributed by atoms with Crippen LogP contribution in [0.1, 0.15) is 70.5 Å². The molecular formula is C27H22N2O8S. The number of thiophene rings is 1. The van der Waals surface area contributed by atoms with E-state index in [4.69, 9.17) is 9.47 Å². The van der Waals surface area contributed by atoms with Crippen LogP contribution in [0.25, 0.3) is 0 Å². The number of fused-ring (bicyclic) bond motifs is 1. The first-order valence-corrected chi connectivity index (χ1v) is 12.3. The van der Waals surface area contributed by atoms with Gasteiger partial charge < -0.3 is 14.8 Å². The lowest BCUT2D eigenvalue weighted by Crippen LogP contribution is -2.29. The van der Waals surface area contributed by atoms with E-state index in [0.717, 1.165) is 16.2 Å². The number of anilines is 2.